The average Bonchev–Trinajstić information content (AvgIpc) is 3.52. The molecule has 0 amide bonds. The first-order chi connectivity index (χ1) is 20.0. The van der Waals surface area contributed by atoms with Crippen LogP contribution in [0.5, 0.6) is 0 Å². The molecule has 0 spiro atoms. The number of nitrogens with one attached hydrogen (secondary N) is 1. The van der Waals surface area contributed by atoms with E-state index >= 15 is 0 Å². The second kappa shape index (κ2) is 12.2. The maximum absolute atomic E-state index is 13.6. The van der Waals surface area contributed by atoms with Crippen LogP contribution in [0.3, 0.4) is 0 Å². The van der Waals surface area contributed by atoms with Crippen molar-refractivity contribution < 1.29 is 55.7 Å². The van der Waals surface area contributed by atoms with Crippen LogP contribution in [-0.4, -0.2) is 86.1 Å². The van der Waals surface area contributed by atoms with Crippen molar-refractivity contribution in [3.63, 3.8) is 0 Å². The second-order valence-electron chi connectivity index (χ2n) is 8.81. The van der Waals surface area contributed by atoms with E-state index in [2.05, 4.69) is 20.7 Å². The molecule has 234 valence electrons. The van der Waals surface area contributed by atoms with Crippen molar-refractivity contribution in [3.05, 3.63) is 45.3 Å². The van der Waals surface area contributed by atoms with Crippen LogP contribution in [0.1, 0.15) is 23.0 Å². The van der Waals surface area contributed by atoms with Crippen molar-refractivity contribution in [2.45, 2.75) is 53.8 Å². The Morgan fingerprint density at radius 1 is 1.12 bits per heavy atom. The minimum atomic E-state index is -5.41. The van der Waals surface area contributed by atoms with Gasteiger partial charge in [0.05, 0.1) is 35.0 Å². The lowest BCUT2D eigenvalue weighted by Gasteiger charge is -2.39. The van der Waals surface area contributed by atoms with E-state index in [0.717, 1.165) is 10.9 Å². The van der Waals surface area contributed by atoms with Crippen LogP contribution in [0.4, 0.5) is 32.2 Å². The molecule has 6 atom stereocenters. The monoisotopic (exact) mass is 679 g/mol. The highest BCUT2D eigenvalue weighted by atomic mass is 35.5. The van der Waals surface area contributed by atoms with E-state index in [1.54, 1.807) is 0 Å². The predicted octanol–water partition coefficient (Wildman–Crippen LogP) is 1.87. The van der Waals surface area contributed by atoms with Crippen molar-refractivity contribution in [1.82, 2.24) is 24.8 Å². The Balaban J connectivity index is 1.77. The van der Waals surface area contributed by atoms with Gasteiger partial charge in [-0.2, -0.15) is 36.7 Å². The maximum Gasteiger partial charge on any atom is 0.476 e. The van der Waals surface area contributed by atoms with Crippen molar-refractivity contribution in [2.75, 3.05) is 11.9 Å². The number of hydrogen-bond acceptors (Lipinski definition) is 11. The van der Waals surface area contributed by atoms with Gasteiger partial charge >= 0.3 is 11.7 Å². The van der Waals surface area contributed by atoms with E-state index in [-0.39, 0.29) is 5.69 Å². The van der Waals surface area contributed by atoms with E-state index < -0.39 is 104 Å². The quantitative estimate of drug-likeness (QED) is 0.229. The lowest BCUT2D eigenvalue weighted by molar-refractivity contribution is -0.270. The second-order valence-corrected chi connectivity index (χ2v) is 11.0. The number of nitrogens with zero attached hydrogens (tertiary/aromatic N) is 6. The van der Waals surface area contributed by atoms with E-state index in [1.807, 2.05) is 0 Å². The van der Waals surface area contributed by atoms with Crippen LogP contribution < -0.4 is 5.32 Å². The van der Waals surface area contributed by atoms with Gasteiger partial charge in [-0.15, -0.1) is 5.10 Å². The van der Waals surface area contributed by atoms with Crippen molar-refractivity contribution in [1.29, 1.82) is 5.26 Å². The highest BCUT2D eigenvalue weighted by Gasteiger charge is 2.46. The standard InChI is InChI=1S/C21H17Cl2F6N7O6S/c22-9-1-7(20(24,25)26)2-10(23)13(9)36-18(17(11(3-30)33-36)43(41)21(27,28)29)31-4-8-5-35(34-32-8)14-15(38)12(6-37)42-19(40)16(14)39/h1-2,5,12,14-16,19,31,37-40H,4,6H2/t12-,14+,15-,16-,19?,43?/m1/s1. The van der Waals surface area contributed by atoms with Crippen molar-refractivity contribution >= 4 is 39.8 Å². The fraction of sp³-hybridized carbons (Fsp3) is 0.429. The maximum atomic E-state index is 13.6. The molecule has 1 aromatic carbocycles. The zero-order valence-electron chi connectivity index (χ0n) is 20.8. The Bertz CT molecular complexity index is 1560. The van der Waals surface area contributed by atoms with Gasteiger partial charge in [0.15, 0.2) is 22.8 Å². The van der Waals surface area contributed by atoms with Crippen molar-refractivity contribution in [2.24, 2.45) is 0 Å². The SMILES string of the molecule is N#Cc1nn(-c2c(Cl)cc(C(F)(F)F)cc2Cl)c(NCc2cn([C@H]3[C@H](O)[C@@H](CO)OC(O)[C@@H]3O)nn2)c1S(=O)C(F)(F)F. The Kier molecular flexibility index (Phi) is 9.30. The van der Waals surface area contributed by atoms with Gasteiger partial charge in [-0.3, -0.25) is 0 Å². The van der Waals surface area contributed by atoms with Gasteiger partial charge in [-0.05, 0) is 12.1 Å². The number of hydrogen-bond donors (Lipinski definition) is 5. The first-order valence-electron chi connectivity index (χ1n) is 11.5. The summed E-state index contributed by atoms with van der Waals surface area (Å²) in [6.07, 6.45) is -10.3. The minimum Gasteiger partial charge on any atom is -0.394 e. The third-order valence-corrected chi connectivity index (χ3v) is 7.82. The van der Waals surface area contributed by atoms with Crippen LogP contribution in [0.25, 0.3) is 5.69 Å². The Morgan fingerprint density at radius 2 is 1.74 bits per heavy atom. The van der Waals surface area contributed by atoms with Crippen LogP contribution in [0.15, 0.2) is 23.2 Å². The molecule has 5 N–H and O–H groups in total. The number of rotatable bonds is 7. The first-order valence-corrected chi connectivity index (χ1v) is 13.4. The smallest absolute Gasteiger partial charge is 0.394 e. The molecule has 13 nitrogen and oxygen atoms in total. The molecule has 2 unspecified atom stereocenters. The van der Waals surface area contributed by atoms with Crippen LogP contribution in [0.2, 0.25) is 10.0 Å². The molecule has 3 aromatic rings. The third kappa shape index (κ3) is 6.44. The molecule has 0 aliphatic carbocycles. The summed E-state index contributed by atoms with van der Waals surface area (Å²) in [6, 6.07) is 0.784. The number of halogens is 8. The number of benzene rings is 1. The largest absolute Gasteiger partial charge is 0.476 e. The Morgan fingerprint density at radius 3 is 2.28 bits per heavy atom. The molecule has 43 heavy (non-hydrogen) atoms. The summed E-state index contributed by atoms with van der Waals surface area (Å²) in [5.74, 6) is -0.799. The van der Waals surface area contributed by atoms with Gasteiger partial charge in [-0.25, -0.2) is 13.6 Å². The van der Waals surface area contributed by atoms with Crippen LogP contribution >= 0.6 is 23.2 Å². The number of nitriles is 1. The molecule has 1 aliphatic heterocycles. The van der Waals surface area contributed by atoms with E-state index in [4.69, 9.17) is 27.9 Å². The Labute approximate surface area is 248 Å². The molecule has 22 heteroatoms. The molecule has 2 aromatic heterocycles. The normalized spacial score (nSPS) is 23.7. The van der Waals surface area contributed by atoms with Gasteiger partial charge in [0.2, 0.25) is 0 Å². The van der Waals surface area contributed by atoms with Gasteiger partial charge in [0.25, 0.3) is 0 Å². The van der Waals surface area contributed by atoms with Gasteiger partial charge < -0.3 is 30.5 Å². The average molecular weight is 680 g/mol. The van der Waals surface area contributed by atoms with Gasteiger partial charge in [-0.1, -0.05) is 28.4 Å². The molecular weight excluding hydrogens is 663 g/mol. The van der Waals surface area contributed by atoms with Crippen molar-refractivity contribution in [3.8, 4) is 11.8 Å². The molecule has 1 saturated heterocycles. The number of aliphatic hydroxyl groups excluding tert-OH is 4. The molecule has 4 rings (SSSR count). The minimum absolute atomic E-state index is 0.111. The van der Waals surface area contributed by atoms with Crippen LogP contribution in [0, 0.1) is 11.3 Å². The molecule has 1 aliphatic rings. The third-order valence-electron chi connectivity index (χ3n) is 6.07. The zero-order chi connectivity index (χ0) is 32.0. The summed E-state index contributed by atoms with van der Waals surface area (Å²) in [4.78, 5) is -1.20. The van der Waals surface area contributed by atoms with Crippen LogP contribution in [-0.2, 0) is 28.3 Å². The number of ether oxygens (including phenoxy) is 1. The van der Waals surface area contributed by atoms with Gasteiger partial charge in [0.1, 0.15) is 52.5 Å². The van der Waals surface area contributed by atoms with E-state index in [9.17, 15) is 56.2 Å². The summed E-state index contributed by atoms with van der Waals surface area (Å²) in [5, 5.41) is 61.5. The molecule has 0 bridgehead atoms. The summed E-state index contributed by atoms with van der Waals surface area (Å²) >= 11 is 12.0. The molecular formula is C21H17Cl2F6N7O6S. The summed E-state index contributed by atoms with van der Waals surface area (Å²) in [6.45, 7) is -1.32. The zero-order valence-corrected chi connectivity index (χ0v) is 23.1. The highest BCUT2D eigenvalue weighted by Crippen LogP contribution is 2.41. The lowest BCUT2D eigenvalue weighted by atomic mass is 9.96. The summed E-state index contributed by atoms with van der Waals surface area (Å²) in [5.41, 5.74) is -8.42. The number of anilines is 1. The topological polar surface area (TPSA) is 192 Å². The number of alkyl halides is 6. The molecule has 1 fully saturated rings. The van der Waals surface area contributed by atoms with E-state index in [1.165, 1.54) is 6.07 Å². The molecule has 3 heterocycles. The number of aliphatic hydroxyl groups is 4. The molecule has 0 radical (unpaired) electrons. The predicted molar refractivity (Wildman–Crippen MR) is 132 cm³/mol. The highest BCUT2D eigenvalue weighted by molar-refractivity contribution is 7.86. The first kappa shape index (κ1) is 32.9. The summed E-state index contributed by atoms with van der Waals surface area (Å²) in [7, 11) is -3.89. The fourth-order valence-electron chi connectivity index (χ4n) is 4.13. The molecule has 0 saturated carbocycles. The Hall–Kier alpha value is -3.03. The van der Waals surface area contributed by atoms with E-state index in [0.29, 0.717) is 16.8 Å². The lowest BCUT2D eigenvalue weighted by Crippen LogP contribution is -2.55. The fourth-order valence-corrected chi connectivity index (χ4v) is 5.60. The number of aromatic nitrogens is 5. The summed E-state index contributed by atoms with van der Waals surface area (Å²) < 4.78 is 99.1. The van der Waals surface area contributed by atoms with Gasteiger partial charge in [0, 0.05) is 0 Å².